The molecule has 0 spiro atoms. The molecule has 0 atom stereocenters. The van der Waals surface area contributed by atoms with Crippen molar-refractivity contribution < 1.29 is 9.53 Å². The summed E-state index contributed by atoms with van der Waals surface area (Å²) in [7, 11) is 1.70. The molecule has 0 fully saturated rings. The third-order valence-electron chi connectivity index (χ3n) is 3.34. The number of hydrogen-bond donors (Lipinski definition) is 0. The molecule has 0 aromatic carbocycles. The van der Waals surface area contributed by atoms with E-state index in [-0.39, 0.29) is 5.91 Å². The smallest absolute Gasteiger partial charge is 0.270 e. The van der Waals surface area contributed by atoms with Crippen LogP contribution in [0, 0.1) is 0 Å². The lowest BCUT2D eigenvalue weighted by Crippen LogP contribution is -2.36. The first-order valence-electron chi connectivity index (χ1n) is 6.47. The van der Waals surface area contributed by atoms with E-state index < -0.39 is 0 Å². The molecule has 0 saturated heterocycles. The van der Waals surface area contributed by atoms with Crippen molar-refractivity contribution in [2.24, 2.45) is 0 Å². The SMILES string of the molecule is CCn1cc(Br)cc1C(=O)N1CC=C(COC)CC1. The highest BCUT2D eigenvalue weighted by atomic mass is 79.9. The third-order valence-corrected chi connectivity index (χ3v) is 3.78. The lowest BCUT2D eigenvalue weighted by molar-refractivity contribution is 0.0754. The zero-order valence-corrected chi connectivity index (χ0v) is 12.9. The van der Waals surface area contributed by atoms with Gasteiger partial charge in [0.2, 0.25) is 0 Å². The minimum atomic E-state index is 0.0975. The van der Waals surface area contributed by atoms with Crippen molar-refractivity contribution >= 4 is 21.8 Å². The molecule has 0 unspecified atom stereocenters. The van der Waals surface area contributed by atoms with Gasteiger partial charge in [0.15, 0.2) is 0 Å². The topological polar surface area (TPSA) is 34.5 Å². The number of nitrogens with zero attached hydrogens (tertiary/aromatic N) is 2. The Kier molecular flexibility index (Phi) is 4.82. The average Bonchev–Trinajstić information content (AvgIpc) is 2.80. The van der Waals surface area contributed by atoms with E-state index in [0.717, 1.165) is 29.7 Å². The molecule has 1 aromatic rings. The maximum absolute atomic E-state index is 12.5. The molecular formula is C14H19BrN2O2. The molecule has 4 nitrogen and oxygen atoms in total. The summed E-state index contributed by atoms with van der Waals surface area (Å²) >= 11 is 3.43. The van der Waals surface area contributed by atoms with Crippen molar-refractivity contribution in [2.45, 2.75) is 19.9 Å². The summed E-state index contributed by atoms with van der Waals surface area (Å²) in [5, 5.41) is 0. The van der Waals surface area contributed by atoms with Crippen LogP contribution in [-0.2, 0) is 11.3 Å². The molecule has 0 saturated carbocycles. The largest absolute Gasteiger partial charge is 0.380 e. The van der Waals surface area contributed by atoms with Crippen molar-refractivity contribution in [3.63, 3.8) is 0 Å². The lowest BCUT2D eigenvalue weighted by atomic mass is 10.1. The van der Waals surface area contributed by atoms with Gasteiger partial charge in [-0.25, -0.2) is 0 Å². The summed E-state index contributed by atoms with van der Waals surface area (Å²) in [5.74, 6) is 0.0975. The van der Waals surface area contributed by atoms with Gasteiger partial charge < -0.3 is 14.2 Å². The van der Waals surface area contributed by atoms with Gasteiger partial charge in [-0.1, -0.05) is 6.08 Å². The molecule has 2 heterocycles. The zero-order chi connectivity index (χ0) is 13.8. The molecule has 5 heteroatoms. The van der Waals surface area contributed by atoms with Crippen LogP contribution in [0.5, 0.6) is 0 Å². The fourth-order valence-corrected chi connectivity index (χ4v) is 2.75. The first-order chi connectivity index (χ1) is 9.15. The van der Waals surface area contributed by atoms with Gasteiger partial charge in [0.25, 0.3) is 5.91 Å². The molecule has 0 bridgehead atoms. The third kappa shape index (κ3) is 3.28. The number of aromatic nitrogens is 1. The van der Waals surface area contributed by atoms with E-state index in [1.54, 1.807) is 7.11 Å². The zero-order valence-electron chi connectivity index (χ0n) is 11.4. The van der Waals surface area contributed by atoms with Crippen molar-refractivity contribution in [1.29, 1.82) is 0 Å². The Hall–Kier alpha value is -1.07. The van der Waals surface area contributed by atoms with E-state index in [0.29, 0.717) is 13.2 Å². The van der Waals surface area contributed by atoms with E-state index in [4.69, 9.17) is 4.74 Å². The van der Waals surface area contributed by atoms with Crippen LogP contribution in [-0.4, -0.2) is 42.2 Å². The second-order valence-corrected chi connectivity index (χ2v) is 5.54. The Morgan fingerprint density at radius 3 is 2.89 bits per heavy atom. The van der Waals surface area contributed by atoms with Gasteiger partial charge in [-0.15, -0.1) is 0 Å². The number of amides is 1. The van der Waals surface area contributed by atoms with Crippen LogP contribution in [0.25, 0.3) is 0 Å². The van der Waals surface area contributed by atoms with Gasteiger partial charge in [-0.05, 0) is 40.9 Å². The van der Waals surface area contributed by atoms with E-state index in [1.165, 1.54) is 5.57 Å². The van der Waals surface area contributed by atoms with Crippen molar-refractivity contribution in [1.82, 2.24) is 9.47 Å². The van der Waals surface area contributed by atoms with Crippen LogP contribution in [0.2, 0.25) is 0 Å². The molecule has 104 valence electrons. The summed E-state index contributed by atoms with van der Waals surface area (Å²) in [6.45, 7) is 4.94. The van der Waals surface area contributed by atoms with E-state index in [1.807, 2.05) is 28.7 Å². The highest BCUT2D eigenvalue weighted by Crippen LogP contribution is 2.19. The molecule has 0 aliphatic carbocycles. The molecule has 2 rings (SSSR count). The number of hydrogen-bond acceptors (Lipinski definition) is 2. The van der Waals surface area contributed by atoms with E-state index in [9.17, 15) is 4.79 Å². The maximum atomic E-state index is 12.5. The minimum Gasteiger partial charge on any atom is -0.380 e. The number of aryl methyl sites for hydroxylation is 1. The first kappa shape index (κ1) is 14.3. The van der Waals surface area contributed by atoms with Crippen LogP contribution in [0.3, 0.4) is 0 Å². The summed E-state index contributed by atoms with van der Waals surface area (Å²) in [5.41, 5.74) is 2.02. The Bertz CT molecular complexity index is 494. The normalized spacial score (nSPS) is 15.5. The molecule has 0 radical (unpaired) electrons. The van der Waals surface area contributed by atoms with Gasteiger partial charge >= 0.3 is 0 Å². The highest BCUT2D eigenvalue weighted by molar-refractivity contribution is 9.10. The second-order valence-electron chi connectivity index (χ2n) is 4.63. The number of carbonyl (C=O) groups excluding carboxylic acids is 1. The fourth-order valence-electron chi connectivity index (χ4n) is 2.29. The van der Waals surface area contributed by atoms with E-state index >= 15 is 0 Å². The van der Waals surface area contributed by atoms with Crippen molar-refractivity contribution in [3.8, 4) is 0 Å². The first-order valence-corrected chi connectivity index (χ1v) is 7.26. The number of methoxy groups -OCH3 is 1. The van der Waals surface area contributed by atoms with Gasteiger partial charge in [0.05, 0.1) is 6.61 Å². The maximum Gasteiger partial charge on any atom is 0.270 e. The molecule has 19 heavy (non-hydrogen) atoms. The predicted molar refractivity (Wildman–Crippen MR) is 78.3 cm³/mol. The standard InChI is InChI=1S/C14H19BrN2O2/c1-3-16-9-12(15)8-13(16)14(18)17-6-4-11(5-7-17)10-19-2/h4,8-9H,3,5-7,10H2,1-2H3. The van der Waals surface area contributed by atoms with Gasteiger partial charge in [0, 0.05) is 37.4 Å². The predicted octanol–water partition coefficient (Wildman–Crippen LogP) is 2.69. The Labute approximate surface area is 122 Å². The number of ether oxygens (including phenoxy) is 1. The molecule has 1 amide bonds. The number of carbonyl (C=O) groups is 1. The van der Waals surface area contributed by atoms with Crippen LogP contribution < -0.4 is 0 Å². The van der Waals surface area contributed by atoms with Crippen LogP contribution in [0.4, 0.5) is 0 Å². The quantitative estimate of drug-likeness (QED) is 0.797. The average molecular weight is 327 g/mol. The Morgan fingerprint density at radius 2 is 2.32 bits per heavy atom. The number of rotatable bonds is 4. The molecule has 1 aromatic heterocycles. The van der Waals surface area contributed by atoms with Crippen molar-refractivity contribution in [3.05, 3.63) is 34.1 Å². The van der Waals surface area contributed by atoms with Crippen LogP contribution in [0.1, 0.15) is 23.8 Å². The monoisotopic (exact) mass is 326 g/mol. The van der Waals surface area contributed by atoms with Gasteiger partial charge in [0.1, 0.15) is 5.69 Å². The molecule has 1 aliphatic heterocycles. The summed E-state index contributed by atoms with van der Waals surface area (Å²) < 4.78 is 8.04. The van der Waals surface area contributed by atoms with Gasteiger partial charge in [-0.3, -0.25) is 4.79 Å². The van der Waals surface area contributed by atoms with Crippen LogP contribution in [0.15, 0.2) is 28.4 Å². The molecule has 1 aliphatic rings. The fraction of sp³-hybridized carbons (Fsp3) is 0.500. The van der Waals surface area contributed by atoms with Gasteiger partial charge in [-0.2, -0.15) is 0 Å². The Balaban J connectivity index is 2.09. The summed E-state index contributed by atoms with van der Waals surface area (Å²) in [6, 6.07) is 1.89. The minimum absolute atomic E-state index is 0.0975. The van der Waals surface area contributed by atoms with Crippen LogP contribution >= 0.6 is 15.9 Å². The molecular weight excluding hydrogens is 308 g/mol. The highest BCUT2D eigenvalue weighted by Gasteiger charge is 2.21. The lowest BCUT2D eigenvalue weighted by Gasteiger charge is -2.26. The Morgan fingerprint density at radius 1 is 1.53 bits per heavy atom. The van der Waals surface area contributed by atoms with E-state index in [2.05, 4.69) is 22.0 Å². The second kappa shape index (κ2) is 6.39. The summed E-state index contributed by atoms with van der Waals surface area (Å²) in [6.07, 6.45) is 4.94. The van der Waals surface area contributed by atoms with Crippen molar-refractivity contribution in [2.75, 3.05) is 26.8 Å². The number of halogens is 1. The summed E-state index contributed by atoms with van der Waals surface area (Å²) in [4.78, 5) is 14.4. The molecule has 0 N–H and O–H groups in total.